The number of ether oxygens (including phenoxy) is 1. The summed E-state index contributed by atoms with van der Waals surface area (Å²) in [6, 6.07) is 5.79. The van der Waals surface area contributed by atoms with Crippen molar-refractivity contribution in [1.29, 1.82) is 0 Å². The Balaban J connectivity index is 3.13. The summed E-state index contributed by atoms with van der Waals surface area (Å²) in [7, 11) is 0.666. The van der Waals surface area contributed by atoms with Crippen LogP contribution in [0.3, 0.4) is 0 Å². The number of aryl methyl sites for hydroxylation is 1. The summed E-state index contributed by atoms with van der Waals surface area (Å²) in [6.45, 7) is 1.50. The van der Waals surface area contributed by atoms with Gasteiger partial charge in [-0.05, 0) is 18.6 Å². The SMILES string of the molecule is COC(=O)C(O)(NC(=O)c1ccccc1C)C(F)(F)F. The number of hydrogen-bond donors (Lipinski definition) is 2. The number of nitrogens with one attached hydrogen (secondary N) is 1. The lowest BCUT2D eigenvalue weighted by atomic mass is 10.1. The van der Waals surface area contributed by atoms with Crippen molar-refractivity contribution >= 4 is 11.9 Å². The number of alkyl halides is 3. The first kappa shape index (κ1) is 16.0. The molecule has 1 aromatic carbocycles. The molecule has 0 heterocycles. The molecule has 5 nitrogen and oxygen atoms in total. The van der Waals surface area contributed by atoms with Gasteiger partial charge in [-0.3, -0.25) is 4.79 Å². The van der Waals surface area contributed by atoms with Gasteiger partial charge in [0.15, 0.2) is 0 Å². The Hall–Kier alpha value is -2.09. The minimum atomic E-state index is -5.42. The number of benzene rings is 1. The highest BCUT2D eigenvalue weighted by Gasteiger charge is 2.62. The lowest BCUT2D eigenvalue weighted by Gasteiger charge is -2.28. The molecule has 0 bridgehead atoms. The smallest absolute Gasteiger partial charge is 0.448 e. The molecule has 0 saturated heterocycles. The molecule has 0 saturated carbocycles. The fraction of sp³-hybridized carbons (Fsp3) is 0.333. The van der Waals surface area contributed by atoms with Crippen LogP contribution in [0, 0.1) is 6.92 Å². The van der Waals surface area contributed by atoms with Gasteiger partial charge in [-0.1, -0.05) is 18.2 Å². The number of esters is 1. The average Bonchev–Trinajstić information content (AvgIpc) is 2.36. The summed E-state index contributed by atoms with van der Waals surface area (Å²) in [4.78, 5) is 22.9. The first-order chi connectivity index (χ1) is 9.13. The zero-order valence-corrected chi connectivity index (χ0v) is 10.6. The Kier molecular flexibility index (Phi) is 4.39. The third kappa shape index (κ3) is 2.90. The fourth-order valence-corrected chi connectivity index (χ4v) is 1.44. The van der Waals surface area contributed by atoms with E-state index in [4.69, 9.17) is 0 Å². The van der Waals surface area contributed by atoms with Crippen molar-refractivity contribution in [1.82, 2.24) is 5.32 Å². The maximum absolute atomic E-state index is 12.8. The molecule has 0 aliphatic rings. The molecule has 0 aliphatic carbocycles. The zero-order valence-electron chi connectivity index (χ0n) is 10.6. The van der Waals surface area contributed by atoms with Gasteiger partial charge >= 0.3 is 17.9 Å². The molecule has 1 atom stereocenters. The fourth-order valence-electron chi connectivity index (χ4n) is 1.44. The standard InChI is InChI=1S/C12H12F3NO4/c1-7-5-3-4-6-8(7)9(17)16-11(19,10(18)20-2)12(13,14)15/h3-6,19H,1-2H3,(H,16,17). The molecular weight excluding hydrogens is 279 g/mol. The van der Waals surface area contributed by atoms with Crippen LogP contribution in [0.15, 0.2) is 24.3 Å². The summed E-state index contributed by atoms with van der Waals surface area (Å²) in [6.07, 6.45) is -5.42. The molecule has 8 heteroatoms. The number of rotatable bonds is 3. The van der Waals surface area contributed by atoms with E-state index in [0.717, 1.165) is 0 Å². The van der Waals surface area contributed by atoms with E-state index in [1.54, 1.807) is 6.07 Å². The molecule has 0 spiro atoms. The molecule has 1 unspecified atom stereocenters. The van der Waals surface area contributed by atoms with E-state index in [9.17, 15) is 27.9 Å². The van der Waals surface area contributed by atoms with E-state index in [1.165, 1.54) is 30.4 Å². The summed E-state index contributed by atoms with van der Waals surface area (Å²) < 4.78 is 42.1. The summed E-state index contributed by atoms with van der Waals surface area (Å²) >= 11 is 0. The maximum atomic E-state index is 12.8. The number of carbonyl (C=O) groups excluding carboxylic acids is 2. The molecule has 1 amide bonds. The second kappa shape index (κ2) is 5.49. The van der Waals surface area contributed by atoms with Gasteiger partial charge < -0.3 is 15.2 Å². The Bertz CT molecular complexity index is 530. The van der Waals surface area contributed by atoms with Gasteiger partial charge in [0.25, 0.3) is 5.91 Å². The minimum absolute atomic E-state index is 0.0981. The first-order valence-corrected chi connectivity index (χ1v) is 5.39. The Morgan fingerprint density at radius 2 is 1.80 bits per heavy atom. The Labute approximate surface area is 112 Å². The van der Waals surface area contributed by atoms with Gasteiger partial charge in [0.1, 0.15) is 0 Å². The predicted molar refractivity (Wildman–Crippen MR) is 61.7 cm³/mol. The van der Waals surface area contributed by atoms with E-state index < -0.39 is 23.8 Å². The van der Waals surface area contributed by atoms with Crippen molar-refractivity contribution in [3.05, 3.63) is 35.4 Å². The van der Waals surface area contributed by atoms with E-state index in [-0.39, 0.29) is 5.56 Å². The monoisotopic (exact) mass is 291 g/mol. The topological polar surface area (TPSA) is 75.6 Å². The predicted octanol–water partition coefficient (Wildman–Crippen LogP) is 1.15. The van der Waals surface area contributed by atoms with E-state index in [1.807, 2.05) is 0 Å². The van der Waals surface area contributed by atoms with Crippen molar-refractivity contribution < 1.29 is 32.6 Å². The summed E-state index contributed by atoms with van der Waals surface area (Å²) in [5.74, 6) is -3.26. The Morgan fingerprint density at radius 1 is 1.25 bits per heavy atom. The highest BCUT2D eigenvalue weighted by atomic mass is 19.4. The maximum Gasteiger partial charge on any atom is 0.448 e. The highest BCUT2D eigenvalue weighted by molar-refractivity contribution is 5.98. The number of halogens is 3. The minimum Gasteiger partial charge on any atom is -0.465 e. The lowest BCUT2D eigenvalue weighted by Crippen LogP contribution is -2.64. The number of carbonyl (C=O) groups is 2. The number of amides is 1. The van der Waals surface area contributed by atoms with Crippen molar-refractivity contribution in [3.8, 4) is 0 Å². The highest BCUT2D eigenvalue weighted by Crippen LogP contribution is 2.29. The van der Waals surface area contributed by atoms with Crippen LogP contribution in [0.2, 0.25) is 0 Å². The molecule has 1 aromatic rings. The molecule has 0 radical (unpaired) electrons. The van der Waals surface area contributed by atoms with Gasteiger partial charge in [0, 0.05) is 5.56 Å². The first-order valence-electron chi connectivity index (χ1n) is 5.39. The van der Waals surface area contributed by atoms with Crippen LogP contribution in [-0.2, 0) is 9.53 Å². The van der Waals surface area contributed by atoms with Crippen LogP contribution in [0.4, 0.5) is 13.2 Å². The third-order valence-electron chi connectivity index (χ3n) is 2.58. The summed E-state index contributed by atoms with van der Waals surface area (Å²) in [5.41, 5.74) is -3.81. The van der Waals surface area contributed by atoms with Gasteiger partial charge in [0.2, 0.25) is 0 Å². The molecule has 1 rings (SSSR count). The van der Waals surface area contributed by atoms with Crippen LogP contribution in [0.1, 0.15) is 15.9 Å². The van der Waals surface area contributed by atoms with E-state index in [0.29, 0.717) is 12.7 Å². The number of methoxy groups -OCH3 is 1. The number of aliphatic hydroxyl groups is 1. The molecule has 0 aliphatic heterocycles. The van der Waals surface area contributed by atoms with Gasteiger partial charge in [-0.15, -0.1) is 0 Å². The van der Waals surface area contributed by atoms with Crippen LogP contribution in [0.5, 0.6) is 0 Å². The van der Waals surface area contributed by atoms with Gasteiger partial charge in [-0.25, -0.2) is 4.79 Å². The van der Waals surface area contributed by atoms with Crippen LogP contribution in [0.25, 0.3) is 0 Å². The zero-order chi connectivity index (χ0) is 15.6. The molecule has 0 fully saturated rings. The van der Waals surface area contributed by atoms with Gasteiger partial charge in [0.05, 0.1) is 7.11 Å². The molecule has 2 N–H and O–H groups in total. The molecule has 0 aromatic heterocycles. The van der Waals surface area contributed by atoms with Gasteiger partial charge in [-0.2, -0.15) is 13.2 Å². The Morgan fingerprint density at radius 3 is 2.25 bits per heavy atom. The van der Waals surface area contributed by atoms with Crippen LogP contribution in [-0.4, -0.2) is 36.0 Å². The largest absolute Gasteiger partial charge is 0.465 e. The van der Waals surface area contributed by atoms with Crippen LogP contribution < -0.4 is 5.32 Å². The molecule has 110 valence electrons. The average molecular weight is 291 g/mol. The van der Waals surface area contributed by atoms with E-state index in [2.05, 4.69) is 4.74 Å². The normalized spacial score (nSPS) is 14.3. The van der Waals surface area contributed by atoms with E-state index >= 15 is 0 Å². The second-order valence-electron chi connectivity index (χ2n) is 3.97. The number of hydrogen-bond acceptors (Lipinski definition) is 4. The second-order valence-corrected chi connectivity index (χ2v) is 3.97. The third-order valence-corrected chi connectivity index (χ3v) is 2.58. The molecule has 20 heavy (non-hydrogen) atoms. The van der Waals surface area contributed by atoms with Crippen molar-refractivity contribution in [2.24, 2.45) is 0 Å². The summed E-state index contributed by atoms with van der Waals surface area (Å²) in [5, 5.41) is 10.7. The quantitative estimate of drug-likeness (QED) is 0.647. The van der Waals surface area contributed by atoms with Crippen LogP contribution >= 0.6 is 0 Å². The van der Waals surface area contributed by atoms with Crippen molar-refractivity contribution in [2.45, 2.75) is 18.8 Å². The van der Waals surface area contributed by atoms with Crippen molar-refractivity contribution in [3.63, 3.8) is 0 Å². The lowest BCUT2D eigenvalue weighted by molar-refractivity contribution is -0.268. The molecular formula is C12H12F3NO4. The van der Waals surface area contributed by atoms with Crippen molar-refractivity contribution in [2.75, 3.05) is 7.11 Å².